The van der Waals surface area contributed by atoms with E-state index in [9.17, 15) is 4.79 Å². The predicted molar refractivity (Wildman–Crippen MR) is 61.8 cm³/mol. The average molecular weight is 216 g/mol. The van der Waals surface area contributed by atoms with E-state index in [0.29, 0.717) is 25.5 Å². The maximum absolute atomic E-state index is 11.4. The highest BCUT2D eigenvalue weighted by Crippen LogP contribution is 1.94. The number of rotatable bonds is 8. The Balaban J connectivity index is 3.56. The summed E-state index contributed by atoms with van der Waals surface area (Å²) in [6.45, 7) is 8.37. The Bertz CT molecular complexity index is 174. The maximum Gasteiger partial charge on any atom is 0.221 e. The lowest BCUT2D eigenvalue weighted by Gasteiger charge is -2.14. The Morgan fingerprint density at radius 2 is 2.07 bits per heavy atom. The number of hydrogen-bond acceptors (Lipinski definition) is 3. The fourth-order valence-electron chi connectivity index (χ4n) is 1.40. The van der Waals surface area contributed by atoms with Crippen molar-refractivity contribution in [2.24, 2.45) is 5.92 Å². The number of carbonyl (C=O) groups excluding carboxylic acids is 1. The largest absolute Gasteiger partial charge is 0.384 e. The van der Waals surface area contributed by atoms with Crippen molar-refractivity contribution < 1.29 is 9.53 Å². The molecule has 1 amide bonds. The summed E-state index contributed by atoms with van der Waals surface area (Å²) in [5, 5.41) is 6.10. The van der Waals surface area contributed by atoms with E-state index in [1.165, 1.54) is 0 Å². The van der Waals surface area contributed by atoms with E-state index < -0.39 is 0 Å². The number of nitrogens with one attached hydrogen (secondary N) is 2. The molecule has 0 aliphatic rings. The Morgan fingerprint density at radius 1 is 1.40 bits per heavy atom. The van der Waals surface area contributed by atoms with Gasteiger partial charge in [-0.15, -0.1) is 0 Å². The molecule has 0 aliphatic heterocycles. The summed E-state index contributed by atoms with van der Waals surface area (Å²) in [7, 11) is 1.67. The third kappa shape index (κ3) is 8.39. The normalized spacial score (nSPS) is 14.7. The molecule has 0 heterocycles. The minimum Gasteiger partial charge on any atom is -0.384 e. The van der Waals surface area contributed by atoms with Crippen LogP contribution in [0.15, 0.2) is 0 Å². The summed E-state index contributed by atoms with van der Waals surface area (Å²) < 4.78 is 4.99. The minimum absolute atomic E-state index is 0.103. The first-order valence-electron chi connectivity index (χ1n) is 5.59. The molecular weight excluding hydrogens is 192 g/mol. The molecule has 4 nitrogen and oxygen atoms in total. The van der Waals surface area contributed by atoms with Crippen LogP contribution in [0.4, 0.5) is 0 Å². The van der Waals surface area contributed by atoms with Crippen molar-refractivity contribution in [1.29, 1.82) is 0 Å². The second-order valence-electron chi connectivity index (χ2n) is 4.03. The van der Waals surface area contributed by atoms with Crippen LogP contribution in [-0.2, 0) is 9.53 Å². The molecule has 0 saturated heterocycles. The Morgan fingerprint density at radius 3 is 2.60 bits per heavy atom. The van der Waals surface area contributed by atoms with E-state index in [-0.39, 0.29) is 11.9 Å². The highest BCUT2D eigenvalue weighted by molar-refractivity contribution is 5.76. The zero-order valence-corrected chi connectivity index (χ0v) is 10.3. The molecule has 0 aromatic carbocycles. The van der Waals surface area contributed by atoms with Gasteiger partial charge in [0.15, 0.2) is 0 Å². The lowest BCUT2D eigenvalue weighted by Crippen LogP contribution is -2.35. The molecule has 90 valence electrons. The maximum atomic E-state index is 11.4. The third-order valence-corrected chi connectivity index (χ3v) is 2.14. The Kier molecular flexibility index (Phi) is 8.33. The van der Waals surface area contributed by atoms with Crippen LogP contribution in [0.3, 0.4) is 0 Å². The molecule has 0 spiro atoms. The average Bonchev–Trinajstić information content (AvgIpc) is 2.15. The van der Waals surface area contributed by atoms with E-state index in [1.807, 2.05) is 13.8 Å². The van der Waals surface area contributed by atoms with Crippen LogP contribution in [0.1, 0.15) is 27.2 Å². The van der Waals surface area contributed by atoms with Gasteiger partial charge in [-0.25, -0.2) is 0 Å². The van der Waals surface area contributed by atoms with Crippen LogP contribution in [-0.4, -0.2) is 38.8 Å². The van der Waals surface area contributed by atoms with E-state index in [4.69, 9.17) is 4.74 Å². The van der Waals surface area contributed by atoms with Gasteiger partial charge in [0.1, 0.15) is 0 Å². The number of hydrogen-bond donors (Lipinski definition) is 2. The van der Waals surface area contributed by atoms with Gasteiger partial charge in [0.2, 0.25) is 5.91 Å². The molecule has 2 atom stereocenters. The fraction of sp³-hybridized carbons (Fsp3) is 0.909. The molecular formula is C11H24N2O2. The Labute approximate surface area is 92.8 Å². The molecule has 0 aliphatic carbocycles. The van der Waals surface area contributed by atoms with Gasteiger partial charge in [-0.3, -0.25) is 4.79 Å². The predicted octanol–water partition coefficient (Wildman–Crippen LogP) is 0.773. The topological polar surface area (TPSA) is 50.4 Å². The number of methoxy groups -OCH3 is 1. The first-order valence-corrected chi connectivity index (χ1v) is 5.59. The van der Waals surface area contributed by atoms with E-state index in [2.05, 4.69) is 17.6 Å². The van der Waals surface area contributed by atoms with Crippen molar-refractivity contribution in [3.63, 3.8) is 0 Å². The van der Waals surface area contributed by atoms with Gasteiger partial charge in [0.05, 0.1) is 6.61 Å². The summed E-state index contributed by atoms with van der Waals surface area (Å²) >= 11 is 0. The SMILES string of the molecule is CCNC(C)CC(=O)NCC(C)COC. The van der Waals surface area contributed by atoms with Gasteiger partial charge in [-0.2, -0.15) is 0 Å². The zero-order valence-electron chi connectivity index (χ0n) is 10.3. The first kappa shape index (κ1) is 14.4. The van der Waals surface area contributed by atoms with Crippen LogP contribution < -0.4 is 10.6 Å². The minimum atomic E-state index is 0.103. The highest BCUT2D eigenvalue weighted by Gasteiger charge is 2.08. The molecule has 0 radical (unpaired) electrons. The van der Waals surface area contributed by atoms with Gasteiger partial charge in [0, 0.05) is 26.1 Å². The monoisotopic (exact) mass is 216 g/mol. The summed E-state index contributed by atoms with van der Waals surface area (Å²) in [4.78, 5) is 11.4. The van der Waals surface area contributed by atoms with Gasteiger partial charge in [-0.1, -0.05) is 13.8 Å². The lowest BCUT2D eigenvalue weighted by molar-refractivity contribution is -0.121. The van der Waals surface area contributed by atoms with E-state index >= 15 is 0 Å². The number of amides is 1. The molecule has 2 unspecified atom stereocenters. The van der Waals surface area contributed by atoms with Crippen molar-refractivity contribution >= 4 is 5.91 Å². The zero-order chi connectivity index (χ0) is 11.7. The van der Waals surface area contributed by atoms with Crippen LogP contribution >= 0.6 is 0 Å². The van der Waals surface area contributed by atoms with Crippen LogP contribution in [0, 0.1) is 5.92 Å². The number of carbonyl (C=O) groups is 1. The first-order chi connectivity index (χ1) is 7.10. The lowest BCUT2D eigenvalue weighted by atomic mass is 10.2. The summed E-state index contributed by atoms with van der Waals surface area (Å²) in [5.41, 5.74) is 0. The second kappa shape index (κ2) is 8.68. The molecule has 0 saturated carbocycles. The third-order valence-electron chi connectivity index (χ3n) is 2.14. The van der Waals surface area contributed by atoms with Gasteiger partial charge >= 0.3 is 0 Å². The van der Waals surface area contributed by atoms with Gasteiger partial charge in [-0.05, 0) is 19.4 Å². The summed E-state index contributed by atoms with van der Waals surface area (Å²) in [5.74, 6) is 0.472. The quantitative estimate of drug-likeness (QED) is 0.630. The van der Waals surface area contributed by atoms with Crippen molar-refractivity contribution in [2.45, 2.75) is 33.2 Å². The Hall–Kier alpha value is -0.610. The molecule has 0 fully saturated rings. The molecule has 0 aromatic heterocycles. The standard InChI is InChI=1S/C11H24N2O2/c1-5-12-10(3)6-11(14)13-7-9(2)8-15-4/h9-10,12H,5-8H2,1-4H3,(H,13,14). The summed E-state index contributed by atoms with van der Waals surface area (Å²) in [6, 6.07) is 0.243. The fourth-order valence-corrected chi connectivity index (χ4v) is 1.40. The van der Waals surface area contributed by atoms with Crippen molar-refractivity contribution in [3.05, 3.63) is 0 Å². The molecule has 0 rings (SSSR count). The smallest absolute Gasteiger partial charge is 0.221 e. The molecule has 4 heteroatoms. The molecule has 15 heavy (non-hydrogen) atoms. The van der Waals surface area contributed by atoms with Gasteiger partial charge < -0.3 is 15.4 Å². The van der Waals surface area contributed by atoms with Crippen LogP contribution in [0.25, 0.3) is 0 Å². The molecule has 0 bridgehead atoms. The second-order valence-corrected chi connectivity index (χ2v) is 4.03. The van der Waals surface area contributed by atoms with E-state index in [0.717, 1.165) is 6.54 Å². The van der Waals surface area contributed by atoms with E-state index in [1.54, 1.807) is 7.11 Å². The highest BCUT2D eigenvalue weighted by atomic mass is 16.5. The van der Waals surface area contributed by atoms with Crippen molar-refractivity contribution in [2.75, 3.05) is 26.8 Å². The number of ether oxygens (including phenoxy) is 1. The molecule has 2 N–H and O–H groups in total. The summed E-state index contributed by atoms with van der Waals surface area (Å²) in [6.07, 6.45) is 0.535. The van der Waals surface area contributed by atoms with Crippen LogP contribution in [0.2, 0.25) is 0 Å². The van der Waals surface area contributed by atoms with Crippen LogP contribution in [0.5, 0.6) is 0 Å². The van der Waals surface area contributed by atoms with Crippen molar-refractivity contribution in [3.8, 4) is 0 Å². The van der Waals surface area contributed by atoms with Gasteiger partial charge in [0.25, 0.3) is 0 Å². The molecule has 0 aromatic rings. The van der Waals surface area contributed by atoms with Crippen molar-refractivity contribution in [1.82, 2.24) is 10.6 Å².